The van der Waals surface area contributed by atoms with Gasteiger partial charge in [-0.05, 0) is 33.4 Å². The molecule has 1 unspecified atom stereocenters. The van der Waals surface area contributed by atoms with Crippen LogP contribution in [0.3, 0.4) is 0 Å². The van der Waals surface area contributed by atoms with Crippen LogP contribution in [0.5, 0.6) is 0 Å². The van der Waals surface area contributed by atoms with E-state index in [2.05, 4.69) is 28.9 Å². The summed E-state index contributed by atoms with van der Waals surface area (Å²) >= 11 is 1.56. The van der Waals surface area contributed by atoms with Gasteiger partial charge in [0.2, 0.25) is 0 Å². The van der Waals surface area contributed by atoms with Gasteiger partial charge in [-0.2, -0.15) is 0 Å². The first-order valence-corrected chi connectivity index (χ1v) is 7.31. The van der Waals surface area contributed by atoms with Crippen molar-refractivity contribution in [3.8, 4) is 0 Å². The van der Waals surface area contributed by atoms with E-state index in [-0.39, 0.29) is 5.97 Å². The number of hydrogen-bond acceptors (Lipinski definition) is 6. The molecular weight excluding hydrogens is 262 g/mol. The minimum absolute atomic E-state index is 0.353. The van der Waals surface area contributed by atoms with Crippen molar-refractivity contribution in [3.05, 3.63) is 10.6 Å². The average Bonchev–Trinajstić information content (AvgIpc) is 2.79. The molecule has 1 aromatic rings. The molecule has 1 fully saturated rings. The van der Waals surface area contributed by atoms with Crippen molar-refractivity contribution >= 4 is 22.4 Å². The third-order valence-electron chi connectivity index (χ3n) is 3.61. The van der Waals surface area contributed by atoms with Gasteiger partial charge >= 0.3 is 5.97 Å². The van der Waals surface area contributed by atoms with E-state index in [9.17, 15) is 4.79 Å². The molecule has 1 aromatic heterocycles. The lowest BCUT2D eigenvalue weighted by atomic mass is 10.1. The quantitative estimate of drug-likeness (QED) is 0.791. The molecule has 6 heteroatoms. The van der Waals surface area contributed by atoms with Gasteiger partial charge < -0.3 is 14.5 Å². The fourth-order valence-electron chi connectivity index (χ4n) is 2.43. The number of aryl methyl sites for hydroxylation is 1. The maximum atomic E-state index is 11.6. The van der Waals surface area contributed by atoms with E-state index in [1.807, 2.05) is 6.92 Å². The predicted molar refractivity (Wildman–Crippen MR) is 77.1 cm³/mol. The van der Waals surface area contributed by atoms with Crippen LogP contribution in [0.15, 0.2) is 0 Å². The van der Waals surface area contributed by atoms with Gasteiger partial charge in [-0.3, -0.25) is 0 Å². The van der Waals surface area contributed by atoms with Gasteiger partial charge in [0.15, 0.2) is 10.8 Å². The van der Waals surface area contributed by atoms with Crippen LogP contribution >= 0.6 is 11.3 Å². The Hall–Kier alpha value is -1.14. The van der Waals surface area contributed by atoms with Crippen LogP contribution < -0.4 is 4.90 Å². The molecule has 2 rings (SSSR count). The van der Waals surface area contributed by atoms with Crippen molar-refractivity contribution in [2.24, 2.45) is 0 Å². The Balaban J connectivity index is 2.15. The lowest BCUT2D eigenvalue weighted by Crippen LogP contribution is -2.45. The van der Waals surface area contributed by atoms with Gasteiger partial charge in [0.05, 0.1) is 7.11 Å². The zero-order chi connectivity index (χ0) is 14.0. The fraction of sp³-hybridized carbons (Fsp3) is 0.692. The van der Waals surface area contributed by atoms with Crippen LogP contribution in [-0.4, -0.2) is 56.2 Å². The van der Waals surface area contributed by atoms with E-state index >= 15 is 0 Å². The van der Waals surface area contributed by atoms with Gasteiger partial charge in [0.1, 0.15) is 0 Å². The highest BCUT2D eigenvalue weighted by atomic mass is 32.1. The number of piperidine rings is 1. The Morgan fingerprint density at radius 2 is 2.32 bits per heavy atom. The topological polar surface area (TPSA) is 45.7 Å². The van der Waals surface area contributed by atoms with Crippen LogP contribution in [0, 0.1) is 6.92 Å². The Kier molecular flexibility index (Phi) is 4.42. The van der Waals surface area contributed by atoms with E-state index in [1.54, 1.807) is 11.3 Å². The number of carbonyl (C=O) groups excluding carboxylic acids is 1. The first-order valence-electron chi connectivity index (χ1n) is 6.50. The molecular formula is C13H21N3O2S. The number of ether oxygens (including phenoxy) is 1. The summed E-state index contributed by atoms with van der Waals surface area (Å²) in [6.45, 7) is 4.12. The molecule has 0 amide bonds. The van der Waals surface area contributed by atoms with E-state index in [1.165, 1.54) is 20.0 Å². The van der Waals surface area contributed by atoms with Gasteiger partial charge in [-0.15, -0.1) is 11.3 Å². The van der Waals surface area contributed by atoms with Crippen molar-refractivity contribution in [1.29, 1.82) is 0 Å². The zero-order valence-corrected chi connectivity index (χ0v) is 12.8. The Morgan fingerprint density at radius 3 is 2.95 bits per heavy atom. The predicted octanol–water partition coefficient (Wildman–Crippen LogP) is 1.77. The number of carbonyl (C=O) groups is 1. The molecule has 5 nitrogen and oxygen atoms in total. The van der Waals surface area contributed by atoms with E-state index in [0.29, 0.717) is 11.7 Å². The van der Waals surface area contributed by atoms with Crippen molar-refractivity contribution in [2.45, 2.75) is 25.8 Å². The molecule has 0 spiro atoms. The second kappa shape index (κ2) is 5.88. The molecule has 1 aliphatic heterocycles. The van der Waals surface area contributed by atoms with Gasteiger partial charge in [0, 0.05) is 24.5 Å². The highest BCUT2D eigenvalue weighted by Gasteiger charge is 2.25. The maximum Gasteiger partial charge on any atom is 0.357 e. The van der Waals surface area contributed by atoms with E-state index < -0.39 is 0 Å². The van der Waals surface area contributed by atoms with Crippen LogP contribution in [0.25, 0.3) is 0 Å². The lowest BCUT2D eigenvalue weighted by molar-refractivity contribution is 0.0594. The molecule has 0 radical (unpaired) electrons. The van der Waals surface area contributed by atoms with E-state index in [0.717, 1.165) is 23.1 Å². The molecule has 2 heterocycles. The number of anilines is 1. The number of likely N-dealkylation sites (N-methyl/N-ethyl adjacent to an activating group) is 2. The van der Waals surface area contributed by atoms with Crippen LogP contribution in [0.2, 0.25) is 0 Å². The molecule has 1 saturated heterocycles. The zero-order valence-electron chi connectivity index (χ0n) is 12.0. The normalized spacial score (nSPS) is 20.3. The molecule has 0 aliphatic carbocycles. The number of likely N-dealkylation sites (tertiary alicyclic amines) is 1. The van der Waals surface area contributed by atoms with Gasteiger partial charge in [-0.1, -0.05) is 0 Å². The Labute approximate surface area is 118 Å². The minimum atomic E-state index is -0.353. The van der Waals surface area contributed by atoms with Gasteiger partial charge in [0.25, 0.3) is 0 Å². The number of hydrogen-bond donors (Lipinski definition) is 0. The van der Waals surface area contributed by atoms with Gasteiger partial charge in [-0.25, -0.2) is 9.78 Å². The second-order valence-corrected chi connectivity index (χ2v) is 6.24. The number of methoxy groups -OCH3 is 1. The summed E-state index contributed by atoms with van der Waals surface area (Å²) in [5.74, 6) is -0.353. The summed E-state index contributed by atoms with van der Waals surface area (Å²) in [5.41, 5.74) is 0.443. The first kappa shape index (κ1) is 14.3. The third-order valence-corrected chi connectivity index (χ3v) is 4.67. The second-order valence-electron chi connectivity index (χ2n) is 5.06. The van der Waals surface area contributed by atoms with Crippen molar-refractivity contribution in [2.75, 3.05) is 39.2 Å². The summed E-state index contributed by atoms with van der Waals surface area (Å²) in [7, 11) is 5.59. The molecule has 0 bridgehead atoms. The number of esters is 1. The van der Waals surface area contributed by atoms with Crippen molar-refractivity contribution in [1.82, 2.24) is 9.88 Å². The fourth-order valence-corrected chi connectivity index (χ4v) is 3.36. The van der Waals surface area contributed by atoms with Crippen molar-refractivity contribution < 1.29 is 9.53 Å². The summed E-state index contributed by atoms with van der Waals surface area (Å²) < 4.78 is 4.75. The van der Waals surface area contributed by atoms with Crippen LogP contribution in [0.1, 0.15) is 28.2 Å². The molecule has 106 valence electrons. The van der Waals surface area contributed by atoms with Crippen LogP contribution in [-0.2, 0) is 4.74 Å². The summed E-state index contributed by atoms with van der Waals surface area (Å²) in [5, 5.41) is 0.901. The number of aromatic nitrogens is 1. The number of thiazole rings is 1. The maximum absolute atomic E-state index is 11.6. The van der Waals surface area contributed by atoms with Crippen LogP contribution in [0.4, 0.5) is 5.13 Å². The summed E-state index contributed by atoms with van der Waals surface area (Å²) in [6.07, 6.45) is 2.38. The molecule has 19 heavy (non-hydrogen) atoms. The first-order chi connectivity index (χ1) is 9.02. The SMILES string of the molecule is COC(=O)c1nc(N(C)C2CCCN(C)C2)sc1C. The highest BCUT2D eigenvalue weighted by molar-refractivity contribution is 7.15. The lowest BCUT2D eigenvalue weighted by Gasteiger charge is -2.35. The number of rotatable bonds is 3. The largest absolute Gasteiger partial charge is 0.464 e. The van der Waals surface area contributed by atoms with Crippen molar-refractivity contribution in [3.63, 3.8) is 0 Å². The van der Waals surface area contributed by atoms with E-state index in [4.69, 9.17) is 4.74 Å². The molecule has 1 atom stereocenters. The number of nitrogens with zero attached hydrogens (tertiary/aromatic N) is 3. The summed E-state index contributed by atoms with van der Waals surface area (Å²) in [6, 6.07) is 0.467. The average molecular weight is 283 g/mol. The molecule has 1 aliphatic rings. The monoisotopic (exact) mass is 283 g/mol. The smallest absolute Gasteiger partial charge is 0.357 e. The Morgan fingerprint density at radius 1 is 1.58 bits per heavy atom. The minimum Gasteiger partial charge on any atom is -0.464 e. The third kappa shape index (κ3) is 3.06. The molecule has 0 aromatic carbocycles. The molecule has 0 saturated carbocycles. The molecule has 0 N–H and O–H groups in total. The summed E-state index contributed by atoms with van der Waals surface area (Å²) in [4.78, 5) is 21.5. The highest BCUT2D eigenvalue weighted by Crippen LogP contribution is 2.28. The Bertz CT molecular complexity index is 461. The standard InChI is InChI=1S/C13H21N3O2S/c1-9-11(12(17)18-4)14-13(19-9)16(3)10-6-5-7-15(2)8-10/h10H,5-8H2,1-4H3.